The number of imide groups is 1. The van der Waals surface area contributed by atoms with E-state index in [-0.39, 0.29) is 17.4 Å². The number of fused-ring (bicyclic) bond motifs is 1. The predicted molar refractivity (Wildman–Crippen MR) is 115 cm³/mol. The van der Waals surface area contributed by atoms with Gasteiger partial charge in [-0.25, -0.2) is 14.7 Å². The molecule has 1 aromatic heterocycles. The summed E-state index contributed by atoms with van der Waals surface area (Å²) in [5.74, 6) is 0.553. The number of para-hydroxylation sites is 1. The van der Waals surface area contributed by atoms with E-state index >= 15 is 0 Å². The van der Waals surface area contributed by atoms with Gasteiger partial charge in [-0.3, -0.25) is 4.79 Å². The maximum atomic E-state index is 13.2. The van der Waals surface area contributed by atoms with Gasteiger partial charge in [-0.15, -0.1) is 11.3 Å². The van der Waals surface area contributed by atoms with Gasteiger partial charge in [-0.05, 0) is 49.1 Å². The summed E-state index contributed by atoms with van der Waals surface area (Å²) in [6.45, 7) is 7.84. The predicted octanol–water partition coefficient (Wildman–Crippen LogP) is 2.80. The van der Waals surface area contributed by atoms with Crippen LogP contribution in [0.5, 0.6) is 0 Å². The van der Waals surface area contributed by atoms with Crippen molar-refractivity contribution >= 4 is 33.5 Å². The summed E-state index contributed by atoms with van der Waals surface area (Å²) in [6, 6.07) is 7.85. The second-order valence-electron chi connectivity index (χ2n) is 9.75. The number of quaternary nitrogens is 1. The van der Waals surface area contributed by atoms with Crippen molar-refractivity contribution in [3.63, 3.8) is 0 Å². The number of hydrogen-bond donors (Lipinski definition) is 2. The van der Waals surface area contributed by atoms with Crippen LogP contribution in [0.1, 0.15) is 51.5 Å². The highest BCUT2D eigenvalue weighted by Crippen LogP contribution is 2.43. The molecule has 6 nitrogen and oxygen atoms in total. The van der Waals surface area contributed by atoms with Crippen LogP contribution in [0.4, 0.5) is 4.79 Å². The second kappa shape index (κ2) is 7.36. The summed E-state index contributed by atoms with van der Waals surface area (Å²) in [5.41, 5.74) is 0.564. The summed E-state index contributed by atoms with van der Waals surface area (Å²) >= 11 is 1.67. The van der Waals surface area contributed by atoms with Gasteiger partial charge in [0.15, 0.2) is 6.67 Å². The molecular formula is C22H31N4O2S+. The monoisotopic (exact) mass is 415 g/mol. The molecule has 3 amide bonds. The number of hydrogen-bond acceptors (Lipinski definition) is 4. The molecule has 1 saturated heterocycles. The number of urea groups is 1. The lowest BCUT2D eigenvalue weighted by atomic mass is 9.67. The van der Waals surface area contributed by atoms with E-state index in [2.05, 4.69) is 37.1 Å². The Bertz CT molecular complexity index is 891. The molecular weight excluding hydrogens is 384 g/mol. The van der Waals surface area contributed by atoms with Gasteiger partial charge in [0.1, 0.15) is 17.1 Å². The van der Waals surface area contributed by atoms with Gasteiger partial charge in [-0.1, -0.05) is 32.9 Å². The lowest BCUT2D eigenvalue weighted by molar-refractivity contribution is -0.901. The highest BCUT2D eigenvalue weighted by atomic mass is 32.1. The molecule has 2 aliphatic rings. The first-order valence-corrected chi connectivity index (χ1v) is 11.3. The minimum Gasteiger partial charge on any atom is -0.323 e. The SMILES string of the molecule is C[NH+](Cc1nc2ccccc2s1)CN1C(=O)NC2(CCC(C(C)(C)C)CC2)C1=O. The number of amides is 3. The van der Waals surface area contributed by atoms with Crippen molar-refractivity contribution in [2.45, 2.75) is 58.5 Å². The van der Waals surface area contributed by atoms with E-state index < -0.39 is 5.54 Å². The number of carbonyl (C=O) groups is 2. The third-order valence-corrected chi connectivity index (χ3v) is 7.57. The molecule has 1 aliphatic heterocycles. The molecule has 156 valence electrons. The highest BCUT2D eigenvalue weighted by molar-refractivity contribution is 7.18. The largest absolute Gasteiger partial charge is 0.329 e. The van der Waals surface area contributed by atoms with Crippen molar-refractivity contribution < 1.29 is 14.5 Å². The van der Waals surface area contributed by atoms with Gasteiger partial charge >= 0.3 is 6.03 Å². The fourth-order valence-corrected chi connectivity index (χ4v) is 5.80. The zero-order valence-electron chi connectivity index (χ0n) is 17.7. The Balaban J connectivity index is 1.40. The summed E-state index contributed by atoms with van der Waals surface area (Å²) in [7, 11) is 2.01. The number of nitrogens with zero attached hydrogens (tertiary/aromatic N) is 2. The molecule has 7 heteroatoms. The van der Waals surface area contributed by atoms with Crippen LogP contribution in [-0.2, 0) is 11.3 Å². The minimum atomic E-state index is -0.686. The van der Waals surface area contributed by atoms with Gasteiger partial charge in [0.05, 0.1) is 17.3 Å². The third kappa shape index (κ3) is 3.90. The minimum absolute atomic E-state index is 0.0430. The number of rotatable bonds is 4. The summed E-state index contributed by atoms with van der Waals surface area (Å²) in [4.78, 5) is 33.0. The van der Waals surface area contributed by atoms with Crippen molar-refractivity contribution in [3.05, 3.63) is 29.3 Å². The standard InChI is InChI=1S/C22H30N4O2S/c1-21(2,3)15-9-11-22(12-10-15)19(27)26(20(28)24-22)14-25(4)13-18-23-16-7-5-6-8-17(16)29-18/h5-8,15H,9-14H2,1-4H3,(H,24,28)/p+1. The van der Waals surface area contributed by atoms with Gasteiger partial charge in [0.25, 0.3) is 5.91 Å². The molecule has 0 bridgehead atoms. The Morgan fingerprint density at radius 2 is 1.93 bits per heavy atom. The van der Waals surface area contributed by atoms with Crippen LogP contribution in [-0.4, -0.2) is 41.1 Å². The molecule has 2 fully saturated rings. The topological polar surface area (TPSA) is 66.7 Å². The van der Waals surface area contributed by atoms with E-state index in [0.29, 0.717) is 19.1 Å². The molecule has 2 N–H and O–H groups in total. The molecule has 2 aromatic rings. The van der Waals surface area contributed by atoms with E-state index in [9.17, 15) is 9.59 Å². The van der Waals surface area contributed by atoms with E-state index in [1.165, 1.54) is 9.60 Å². The Kier molecular flexibility index (Phi) is 5.15. The van der Waals surface area contributed by atoms with Crippen molar-refractivity contribution in [1.29, 1.82) is 0 Å². The summed E-state index contributed by atoms with van der Waals surface area (Å²) < 4.78 is 1.17. The van der Waals surface area contributed by atoms with Crippen LogP contribution < -0.4 is 10.2 Å². The van der Waals surface area contributed by atoms with E-state index in [1.807, 2.05) is 25.2 Å². The molecule has 1 atom stereocenters. The van der Waals surface area contributed by atoms with Crippen LogP contribution in [0.2, 0.25) is 0 Å². The molecule has 29 heavy (non-hydrogen) atoms. The molecule has 0 radical (unpaired) electrons. The summed E-state index contributed by atoms with van der Waals surface area (Å²) in [5, 5.41) is 4.07. The van der Waals surface area contributed by atoms with Crippen LogP contribution >= 0.6 is 11.3 Å². The molecule has 1 aromatic carbocycles. The highest BCUT2D eigenvalue weighted by Gasteiger charge is 2.54. The first-order chi connectivity index (χ1) is 13.7. The van der Waals surface area contributed by atoms with E-state index in [4.69, 9.17) is 0 Å². The Morgan fingerprint density at radius 3 is 2.59 bits per heavy atom. The fourth-order valence-electron chi connectivity index (χ4n) is 4.71. The number of aromatic nitrogens is 1. The molecule has 1 saturated carbocycles. The average Bonchev–Trinajstić information content (AvgIpc) is 3.15. The fraction of sp³-hybridized carbons (Fsp3) is 0.591. The number of benzene rings is 1. The maximum Gasteiger partial charge on any atom is 0.329 e. The lowest BCUT2D eigenvalue weighted by Crippen LogP contribution is -3.09. The quantitative estimate of drug-likeness (QED) is 0.755. The van der Waals surface area contributed by atoms with Gasteiger partial charge in [0.2, 0.25) is 0 Å². The van der Waals surface area contributed by atoms with Crippen LogP contribution in [0.15, 0.2) is 24.3 Å². The van der Waals surface area contributed by atoms with E-state index in [1.54, 1.807) is 11.3 Å². The zero-order valence-corrected chi connectivity index (χ0v) is 18.6. The molecule has 4 rings (SSSR count). The number of carbonyl (C=O) groups excluding carboxylic acids is 2. The Hall–Kier alpha value is -1.99. The lowest BCUT2D eigenvalue weighted by Gasteiger charge is -2.40. The maximum absolute atomic E-state index is 13.2. The van der Waals surface area contributed by atoms with Crippen molar-refractivity contribution in [3.8, 4) is 0 Å². The molecule has 2 heterocycles. The Morgan fingerprint density at radius 1 is 1.24 bits per heavy atom. The second-order valence-corrected chi connectivity index (χ2v) is 10.9. The van der Waals surface area contributed by atoms with Gasteiger partial charge < -0.3 is 10.2 Å². The number of nitrogens with one attached hydrogen (secondary N) is 2. The third-order valence-electron chi connectivity index (χ3n) is 6.53. The van der Waals surface area contributed by atoms with E-state index in [0.717, 1.165) is 41.1 Å². The molecule has 1 spiro atoms. The van der Waals surface area contributed by atoms with Gasteiger partial charge in [0, 0.05) is 0 Å². The molecule has 1 unspecified atom stereocenters. The van der Waals surface area contributed by atoms with Crippen molar-refractivity contribution in [2.24, 2.45) is 11.3 Å². The normalized spacial score (nSPS) is 26.3. The average molecular weight is 416 g/mol. The van der Waals surface area contributed by atoms with Crippen LogP contribution in [0.3, 0.4) is 0 Å². The summed E-state index contributed by atoms with van der Waals surface area (Å²) in [6.07, 6.45) is 3.45. The van der Waals surface area contributed by atoms with Crippen molar-refractivity contribution in [2.75, 3.05) is 13.7 Å². The van der Waals surface area contributed by atoms with Crippen LogP contribution in [0.25, 0.3) is 10.2 Å². The molecule has 1 aliphatic carbocycles. The first-order valence-electron chi connectivity index (χ1n) is 10.5. The first kappa shape index (κ1) is 20.3. The smallest absolute Gasteiger partial charge is 0.323 e. The number of thiazole rings is 1. The Labute approximate surface area is 176 Å². The van der Waals surface area contributed by atoms with Crippen LogP contribution in [0, 0.1) is 11.3 Å². The van der Waals surface area contributed by atoms with Crippen molar-refractivity contribution in [1.82, 2.24) is 15.2 Å². The van der Waals surface area contributed by atoms with Gasteiger partial charge in [-0.2, -0.15) is 0 Å². The zero-order chi connectivity index (χ0) is 20.8.